The van der Waals surface area contributed by atoms with E-state index in [0.717, 1.165) is 44.6 Å². The van der Waals surface area contributed by atoms with Crippen LogP contribution in [0.2, 0.25) is 0 Å². The van der Waals surface area contributed by atoms with Crippen molar-refractivity contribution in [3.63, 3.8) is 0 Å². The maximum Gasteiger partial charge on any atom is 0.271 e. The van der Waals surface area contributed by atoms with Crippen LogP contribution in [0.25, 0.3) is 0 Å². The zero-order valence-corrected chi connectivity index (χ0v) is 19.3. The van der Waals surface area contributed by atoms with Crippen LogP contribution in [0.15, 0.2) is 58.5 Å². The van der Waals surface area contributed by atoms with Crippen molar-refractivity contribution in [3.8, 4) is 5.75 Å². The van der Waals surface area contributed by atoms with E-state index in [2.05, 4.69) is 27.1 Å². The van der Waals surface area contributed by atoms with Gasteiger partial charge in [0, 0.05) is 42.9 Å². The van der Waals surface area contributed by atoms with Gasteiger partial charge < -0.3 is 9.64 Å². The van der Waals surface area contributed by atoms with Crippen molar-refractivity contribution in [1.29, 1.82) is 0 Å². The first-order valence-corrected chi connectivity index (χ1v) is 12.3. The number of rotatable bonds is 9. The molecule has 1 aliphatic heterocycles. The molecule has 1 amide bonds. The van der Waals surface area contributed by atoms with Crippen LogP contribution in [0.1, 0.15) is 43.5 Å². The van der Waals surface area contributed by atoms with Crippen molar-refractivity contribution in [1.82, 2.24) is 10.3 Å². The minimum Gasteiger partial charge on any atom is -0.494 e. The highest BCUT2D eigenvalue weighted by Gasteiger charge is 2.16. The molecule has 172 valence electrons. The van der Waals surface area contributed by atoms with Crippen molar-refractivity contribution in [3.05, 3.63) is 54.1 Å². The Kier molecular flexibility index (Phi) is 8.24. The summed E-state index contributed by atoms with van der Waals surface area (Å²) in [5.41, 5.74) is 4.37. The van der Waals surface area contributed by atoms with E-state index in [1.54, 1.807) is 36.4 Å². The quantitative estimate of drug-likeness (QED) is 0.561. The number of carbonyl (C=O) groups excluding carboxylic acids is 1. The molecule has 0 bridgehead atoms. The lowest BCUT2D eigenvalue weighted by Crippen LogP contribution is -2.35. The highest BCUT2D eigenvalue weighted by molar-refractivity contribution is 7.92. The van der Waals surface area contributed by atoms with Crippen LogP contribution in [0.3, 0.4) is 0 Å². The normalized spacial score (nSPS) is 14.6. The molecule has 32 heavy (non-hydrogen) atoms. The topological polar surface area (TPSA) is 100 Å². The molecule has 0 radical (unpaired) electrons. The first-order chi connectivity index (χ1) is 15.4. The maximum atomic E-state index is 12.6. The molecule has 1 aliphatic rings. The fourth-order valence-electron chi connectivity index (χ4n) is 3.44. The lowest BCUT2D eigenvalue weighted by molar-refractivity contribution is 0.0954. The van der Waals surface area contributed by atoms with Gasteiger partial charge in [0.05, 0.1) is 11.5 Å². The standard InChI is InChI=1S/C23H30N4O4S/c1-3-15-27-16-13-19(14-17-27)24-25-23(28)18-5-7-20(8-6-18)26-32(29,30)22-11-9-21(10-12-22)31-4-2/h5-12,26H,3-4,13-17H2,1-2H3,(H,25,28). The van der Waals surface area contributed by atoms with E-state index in [1.807, 2.05) is 6.92 Å². The fourth-order valence-corrected chi connectivity index (χ4v) is 4.50. The Bertz CT molecular complexity index is 1020. The Labute approximate surface area is 189 Å². The van der Waals surface area contributed by atoms with Crippen molar-refractivity contribution < 1.29 is 17.9 Å². The summed E-state index contributed by atoms with van der Waals surface area (Å²) in [4.78, 5) is 14.9. The first kappa shape index (κ1) is 23.7. The molecule has 1 saturated heterocycles. The van der Waals surface area contributed by atoms with Crippen LogP contribution in [0.5, 0.6) is 5.75 Å². The van der Waals surface area contributed by atoms with Gasteiger partial charge in [-0.3, -0.25) is 9.52 Å². The highest BCUT2D eigenvalue weighted by atomic mass is 32.2. The minimum atomic E-state index is -3.74. The minimum absolute atomic E-state index is 0.128. The van der Waals surface area contributed by atoms with E-state index in [9.17, 15) is 13.2 Å². The number of carbonyl (C=O) groups is 1. The summed E-state index contributed by atoms with van der Waals surface area (Å²) in [5.74, 6) is 0.284. The molecule has 2 aromatic carbocycles. The van der Waals surface area contributed by atoms with E-state index in [4.69, 9.17) is 4.74 Å². The molecule has 0 aliphatic carbocycles. The molecule has 2 aromatic rings. The number of sulfonamides is 1. The summed E-state index contributed by atoms with van der Waals surface area (Å²) in [6.45, 7) is 7.56. The van der Waals surface area contributed by atoms with Crippen LogP contribution < -0.4 is 14.9 Å². The Morgan fingerprint density at radius 3 is 2.28 bits per heavy atom. The molecule has 0 atom stereocenters. The van der Waals surface area contributed by atoms with Crippen LogP contribution in [0, 0.1) is 0 Å². The second-order valence-electron chi connectivity index (χ2n) is 7.55. The average Bonchev–Trinajstić information content (AvgIpc) is 2.79. The van der Waals surface area contributed by atoms with Gasteiger partial charge in [0.25, 0.3) is 15.9 Å². The monoisotopic (exact) mass is 458 g/mol. The molecule has 3 rings (SSSR count). The fraction of sp³-hybridized carbons (Fsp3) is 0.391. The highest BCUT2D eigenvalue weighted by Crippen LogP contribution is 2.20. The summed E-state index contributed by atoms with van der Waals surface area (Å²) < 4.78 is 33.0. The van der Waals surface area contributed by atoms with Gasteiger partial charge in [-0.25, -0.2) is 13.8 Å². The van der Waals surface area contributed by atoms with Crippen molar-refractivity contribution >= 4 is 27.3 Å². The van der Waals surface area contributed by atoms with Crippen molar-refractivity contribution in [2.24, 2.45) is 5.10 Å². The number of nitrogens with zero attached hydrogens (tertiary/aromatic N) is 2. The van der Waals surface area contributed by atoms with Crippen molar-refractivity contribution in [2.75, 3.05) is 31.0 Å². The predicted molar refractivity (Wildman–Crippen MR) is 126 cm³/mol. The van der Waals surface area contributed by atoms with E-state index in [1.165, 1.54) is 12.1 Å². The molecule has 0 saturated carbocycles. The zero-order chi connectivity index (χ0) is 23.0. The summed E-state index contributed by atoms with van der Waals surface area (Å²) in [6, 6.07) is 12.4. The number of hydrogen-bond donors (Lipinski definition) is 2. The first-order valence-electron chi connectivity index (χ1n) is 10.8. The number of likely N-dealkylation sites (tertiary alicyclic amines) is 1. The molecule has 2 N–H and O–H groups in total. The summed E-state index contributed by atoms with van der Waals surface area (Å²) in [7, 11) is -3.74. The third kappa shape index (κ3) is 6.54. The van der Waals surface area contributed by atoms with Gasteiger partial charge in [-0.15, -0.1) is 0 Å². The van der Waals surface area contributed by atoms with Gasteiger partial charge in [-0.05, 0) is 68.4 Å². The Morgan fingerprint density at radius 1 is 1.03 bits per heavy atom. The average molecular weight is 459 g/mol. The summed E-state index contributed by atoms with van der Waals surface area (Å²) in [5, 5.41) is 4.26. The molecular formula is C23H30N4O4S. The molecule has 8 nitrogen and oxygen atoms in total. The predicted octanol–water partition coefficient (Wildman–Crippen LogP) is 3.48. The molecule has 1 heterocycles. The maximum absolute atomic E-state index is 12.6. The van der Waals surface area contributed by atoms with Gasteiger partial charge >= 0.3 is 0 Å². The molecule has 0 aromatic heterocycles. The summed E-state index contributed by atoms with van der Waals surface area (Å²) in [6.07, 6.45) is 2.84. The molecular weight excluding hydrogens is 428 g/mol. The van der Waals surface area contributed by atoms with E-state index in [0.29, 0.717) is 23.6 Å². The lowest BCUT2D eigenvalue weighted by Gasteiger charge is -2.26. The molecule has 9 heteroatoms. The number of ether oxygens (including phenoxy) is 1. The number of hydrogen-bond acceptors (Lipinski definition) is 6. The van der Waals surface area contributed by atoms with Gasteiger partial charge in [0.2, 0.25) is 0 Å². The second kappa shape index (κ2) is 11.1. The number of amides is 1. The molecule has 0 unspecified atom stereocenters. The van der Waals surface area contributed by atoms with Gasteiger partial charge in [-0.1, -0.05) is 6.92 Å². The largest absolute Gasteiger partial charge is 0.494 e. The smallest absolute Gasteiger partial charge is 0.271 e. The van der Waals surface area contributed by atoms with Crippen LogP contribution in [-0.2, 0) is 10.0 Å². The van der Waals surface area contributed by atoms with E-state index >= 15 is 0 Å². The molecule has 1 fully saturated rings. The second-order valence-corrected chi connectivity index (χ2v) is 9.23. The summed E-state index contributed by atoms with van der Waals surface area (Å²) >= 11 is 0. The van der Waals surface area contributed by atoms with Crippen LogP contribution >= 0.6 is 0 Å². The van der Waals surface area contributed by atoms with E-state index < -0.39 is 10.0 Å². The zero-order valence-electron chi connectivity index (χ0n) is 18.5. The van der Waals surface area contributed by atoms with Gasteiger partial charge in [-0.2, -0.15) is 5.10 Å². The third-order valence-corrected chi connectivity index (χ3v) is 6.53. The Balaban J connectivity index is 1.56. The van der Waals surface area contributed by atoms with Crippen LogP contribution in [0.4, 0.5) is 5.69 Å². The van der Waals surface area contributed by atoms with Crippen LogP contribution in [-0.4, -0.2) is 51.2 Å². The number of piperidine rings is 1. The SMILES string of the molecule is CCCN1CCC(=NNC(=O)c2ccc(NS(=O)(=O)c3ccc(OCC)cc3)cc2)CC1. The van der Waals surface area contributed by atoms with Crippen molar-refractivity contribution in [2.45, 2.75) is 38.0 Å². The van der Waals surface area contributed by atoms with Gasteiger partial charge in [0.15, 0.2) is 0 Å². The number of benzene rings is 2. The lowest BCUT2D eigenvalue weighted by atomic mass is 10.1. The van der Waals surface area contributed by atoms with E-state index in [-0.39, 0.29) is 10.8 Å². The third-order valence-electron chi connectivity index (χ3n) is 5.13. The number of hydrazone groups is 1. The van der Waals surface area contributed by atoms with Gasteiger partial charge in [0.1, 0.15) is 5.75 Å². The Morgan fingerprint density at radius 2 is 1.69 bits per heavy atom. The number of nitrogens with one attached hydrogen (secondary N) is 2. The molecule has 0 spiro atoms. The number of anilines is 1. The Hall–Kier alpha value is -2.91.